The highest BCUT2D eigenvalue weighted by atomic mass is 32.2. The maximum atomic E-state index is 12.4. The third kappa shape index (κ3) is 3.82. The molecule has 0 saturated carbocycles. The monoisotopic (exact) mass is 336 g/mol. The van der Waals surface area contributed by atoms with Crippen LogP contribution in [0.2, 0.25) is 0 Å². The van der Waals surface area contributed by atoms with E-state index in [2.05, 4.69) is 20.2 Å². The Bertz CT molecular complexity index is 709. The Hall–Kier alpha value is -0.970. The molecule has 1 atom stereocenters. The molecule has 1 saturated heterocycles. The van der Waals surface area contributed by atoms with Crippen molar-refractivity contribution in [1.82, 2.24) is 20.2 Å². The van der Waals surface area contributed by atoms with Crippen LogP contribution in [0, 0.1) is 6.92 Å². The van der Waals surface area contributed by atoms with Crippen LogP contribution in [-0.4, -0.2) is 51.6 Å². The zero-order valence-corrected chi connectivity index (χ0v) is 13.6. The van der Waals surface area contributed by atoms with Gasteiger partial charge in [-0.1, -0.05) is 0 Å². The van der Waals surface area contributed by atoms with Crippen molar-refractivity contribution in [2.45, 2.75) is 37.4 Å². The second-order valence-corrected chi connectivity index (χ2v) is 9.10. The van der Waals surface area contributed by atoms with E-state index in [1.54, 1.807) is 14.0 Å². The van der Waals surface area contributed by atoms with Crippen molar-refractivity contribution in [1.29, 1.82) is 0 Å². The molecule has 2 heterocycles. The van der Waals surface area contributed by atoms with Crippen molar-refractivity contribution in [3.05, 3.63) is 11.3 Å². The zero-order chi connectivity index (χ0) is 15.7. The molecular formula is C11H20N4O4S2. The minimum atomic E-state index is -3.84. The standard InChI is InChI=1S/C11H20N4O4S2/c1-8-10(6-12-2)11(14-13-8)21(18,19)15-9-4-3-5-20(16,17)7-9/h9,12,15H,3-7H2,1-2H3,(H,13,14). The minimum Gasteiger partial charge on any atom is -0.316 e. The third-order valence-electron chi connectivity index (χ3n) is 3.43. The highest BCUT2D eigenvalue weighted by Crippen LogP contribution is 2.19. The second kappa shape index (κ2) is 6.03. The number of hydrogen-bond donors (Lipinski definition) is 3. The van der Waals surface area contributed by atoms with E-state index in [-0.39, 0.29) is 16.5 Å². The predicted molar refractivity (Wildman–Crippen MR) is 78.1 cm³/mol. The van der Waals surface area contributed by atoms with Crippen LogP contribution < -0.4 is 10.0 Å². The van der Waals surface area contributed by atoms with Gasteiger partial charge >= 0.3 is 0 Å². The van der Waals surface area contributed by atoms with Crippen molar-refractivity contribution < 1.29 is 16.8 Å². The summed E-state index contributed by atoms with van der Waals surface area (Å²) in [6.45, 7) is 2.10. The summed E-state index contributed by atoms with van der Waals surface area (Å²) >= 11 is 0. The van der Waals surface area contributed by atoms with Crippen molar-refractivity contribution in [3.63, 3.8) is 0 Å². The average molecular weight is 336 g/mol. The molecule has 1 fully saturated rings. The molecule has 1 unspecified atom stereocenters. The summed E-state index contributed by atoms with van der Waals surface area (Å²) in [5.41, 5.74) is 1.23. The average Bonchev–Trinajstić information content (AvgIpc) is 2.70. The van der Waals surface area contributed by atoms with Crippen LogP contribution in [-0.2, 0) is 26.4 Å². The summed E-state index contributed by atoms with van der Waals surface area (Å²) in [7, 11) is -5.30. The number of sulfone groups is 1. The molecule has 2 rings (SSSR count). The molecule has 3 N–H and O–H groups in total. The van der Waals surface area contributed by atoms with Crippen molar-refractivity contribution in [3.8, 4) is 0 Å². The molecule has 1 aromatic rings. The Kier molecular flexibility index (Phi) is 4.71. The number of aryl methyl sites for hydroxylation is 1. The molecule has 0 amide bonds. The van der Waals surface area contributed by atoms with Crippen LogP contribution in [0.25, 0.3) is 0 Å². The molecule has 0 bridgehead atoms. The first-order valence-corrected chi connectivity index (χ1v) is 9.97. The third-order valence-corrected chi connectivity index (χ3v) is 6.74. The van der Waals surface area contributed by atoms with Gasteiger partial charge in [-0.05, 0) is 26.8 Å². The summed E-state index contributed by atoms with van der Waals surface area (Å²) in [6, 6.07) is -0.590. The van der Waals surface area contributed by atoms with Gasteiger partial charge in [-0.15, -0.1) is 0 Å². The molecule has 0 aliphatic carbocycles. The van der Waals surface area contributed by atoms with Crippen LogP contribution in [0.4, 0.5) is 0 Å². The maximum Gasteiger partial charge on any atom is 0.260 e. The minimum absolute atomic E-state index is 0.0719. The van der Waals surface area contributed by atoms with E-state index in [1.807, 2.05) is 0 Å². The van der Waals surface area contributed by atoms with Gasteiger partial charge in [-0.25, -0.2) is 21.6 Å². The Labute approximate surface area is 124 Å². The normalized spacial score (nSPS) is 22.3. The molecule has 0 spiro atoms. The Morgan fingerprint density at radius 1 is 1.43 bits per heavy atom. The lowest BCUT2D eigenvalue weighted by Gasteiger charge is -2.22. The highest BCUT2D eigenvalue weighted by Gasteiger charge is 2.31. The molecule has 1 aliphatic rings. The van der Waals surface area contributed by atoms with Gasteiger partial charge in [0.25, 0.3) is 10.0 Å². The fourth-order valence-corrected chi connectivity index (χ4v) is 5.64. The van der Waals surface area contributed by atoms with E-state index in [9.17, 15) is 16.8 Å². The van der Waals surface area contributed by atoms with Gasteiger partial charge in [0, 0.05) is 23.8 Å². The van der Waals surface area contributed by atoms with Crippen LogP contribution in [0.15, 0.2) is 5.03 Å². The van der Waals surface area contributed by atoms with Gasteiger partial charge < -0.3 is 5.32 Å². The van der Waals surface area contributed by atoms with Crippen LogP contribution in [0.3, 0.4) is 0 Å². The number of rotatable bonds is 5. The fraction of sp³-hybridized carbons (Fsp3) is 0.727. The number of nitrogens with one attached hydrogen (secondary N) is 3. The SMILES string of the molecule is CNCc1c(S(=O)(=O)NC2CCCS(=O)(=O)C2)n[nH]c1C. The van der Waals surface area contributed by atoms with Gasteiger partial charge in [0.2, 0.25) is 0 Å². The number of aromatic nitrogens is 2. The number of aromatic amines is 1. The Morgan fingerprint density at radius 2 is 2.14 bits per heavy atom. The number of H-pyrrole nitrogens is 1. The van der Waals surface area contributed by atoms with Gasteiger partial charge in [0.15, 0.2) is 14.9 Å². The first-order valence-electron chi connectivity index (χ1n) is 6.66. The summed E-state index contributed by atoms with van der Waals surface area (Å²) in [4.78, 5) is 0. The fourth-order valence-electron chi connectivity index (χ4n) is 2.43. The van der Waals surface area contributed by atoms with E-state index in [0.29, 0.717) is 30.6 Å². The summed E-state index contributed by atoms with van der Waals surface area (Å²) < 4.78 is 50.5. The van der Waals surface area contributed by atoms with Crippen molar-refractivity contribution in [2.75, 3.05) is 18.6 Å². The van der Waals surface area contributed by atoms with E-state index < -0.39 is 25.9 Å². The second-order valence-electron chi connectivity index (χ2n) is 5.24. The molecular weight excluding hydrogens is 316 g/mol. The summed E-state index contributed by atoms with van der Waals surface area (Å²) in [6.07, 6.45) is 0.988. The smallest absolute Gasteiger partial charge is 0.260 e. The molecule has 1 aliphatic heterocycles. The summed E-state index contributed by atoms with van der Waals surface area (Å²) in [5, 5.41) is 9.32. The lowest BCUT2D eigenvalue weighted by molar-refractivity contribution is 0.515. The largest absolute Gasteiger partial charge is 0.316 e. The molecule has 21 heavy (non-hydrogen) atoms. The molecule has 0 aromatic carbocycles. The molecule has 10 heteroatoms. The molecule has 8 nitrogen and oxygen atoms in total. The van der Waals surface area contributed by atoms with Crippen molar-refractivity contribution >= 4 is 19.9 Å². The Morgan fingerprint density at radius 3 is 2.76 bits per heavy atom. The summed E-state index contributed by atoms with van der Waals surface area (Å²) in [5.74, 6) is -0.0330. The zero-order valence-electron chi connectivity index (χ0n) is 12.0. The van der Waals surface area contributed by atoms with E-state index in [1.165, 1.54) is 0 Å². The van der Waals surface area contributed by atoms with E-state index in [0.717, 1.165) is 0 Å². The lowest BCUT2D eigenvalue weighted by atomic mass is 10.2. The number of nitrogens with zero attached hydrogens (tertiary/aromatic N) is 1. The molecule has 1 aromatic heterocycles. The van der Waals surface area contributed by atoms with Gasteiger partial charge in [-0.2, -0.15) is 5.10 Å². The number of sulfonamides is 1. The van der Waals surface area contributed by atoms with Crippen molar-refractivity contribution in [2.24, 2.45) is 0 Å². The highest BCUT2D eigenvalue weighted by molar-refractivity contribution is 7.91. The lowest BCUT2D eigenvalue weighted by Crippen LogP contribution is -2.43. The van der Waals surface area contributed by atoms with Crippen LogP contribution in [0.1, 0.15) is 24.1 Å². The maximum absolute atomic E-state index is 12.4. The molecule has 120 valence electrons. The topological polar surface area (TPSA) is 121 Å². The predicted octanol–water partition coefficient (Wildman–Crippen LogP) is -0.707. The van der Waals surface area contributed by atoms with Gasteiger partial charge in [-0.3, -0.25) is 5.10 Å². The first kappa shape index (κ1) is 16.4. The van der Waals surface area contributed by atoms with E-state index in [4.69, 9.17) is 0 Å². The quantitative estimate of drug-likeness (QED) is 0.653. The number of hydrogen-bond acceptors (Lipinski definition) is 6. The van der Waals surface area contributed by atoms with E-state index >= 15 is 0 Å². The van der Waals surface area contributed by atoms with Crippen LogP contribution in [0.5, 0.6) is 0 Å². The Balaban J connectivity index is 2.23. The van der Waals surface area contributed by atoms with Gasteiger partial charge in [0.1, 0.15) is 0 Å². The first-order chi connectivity index (χ1) is 9.75. The molecule has 0 radical (unpaired) electrons. The van der Waals surface area contributed by atoms with Gasteiger partial charge in [0.05, 0.1) is 11.5 Å². The van der Waals surface area contributed by atoms with Crippen LogP contribution >= 0.6 is 0 Å².